The van der Waals surface area contributed by atoms with E-state index < -0.39 is 0 Å². The highest BCUT2D eigenvalue weighted by molar-refractivity contribution is 7.80. The number of hydrogen-bond acceptors (Lipinski definition) is 4. The van der Waals surface area contributed by atoms with Crippen molar-refractivity contribution in [3.63, 3.8) is 0 Å². The van der Waals surface area contributed by atoms with E-state index in [9.17, 15) is 0 Å². The number of anilines is 1. The molecule has 0 aliphatic rings. The van der Waals surface area contributed by atoms with Crippen molar-refractivity contribution in [1.82, 2.24) is 20.1 Å². The summed E-state index contributed by atoms with van der Waals surface area (Å²) in [5.74, 6) is 0.206. The second-order valence-electron chi connectivity index (χ2n) is 2.02. The molecule has 3 N–H and O–H groups in total. The standard InChI is InChI=1S/C6H9N5S/c1-2-3-8-6(12)11-4-9-5(7)10-11/h2,4H,1,3H2,(H2,7,10)(H,8,12). The van der Waals surface area contributed by atoms with Gasteiger partial charge in [0.1, 0.15) is 6.33 Å². The summed E-state index contributed by atoms with van der Waals surface area (Å²) in [6.45, 7) is 4.14. The SMILES string of the molecule is C=CCNC(=S)n1cnc(N)n1. The minimum Gasteiger partial charge on any atom is -0.366 e. The Balaban J connectivity index is 2.59. The van der Waals surface area contributed by atoms with Crippen molar-refractivity contribution in [3.8, 4) is 0 Å². The van der Waals surface area contributed by atoms with Gasteiger partial charge in [0.25, 0.3) is 0 Å². The zero-order chi connectivity index (χ0) is 8.97. The van der Waals surface area contributed by atoms with Crippen LogP contribution in [0.25, 0.3) is 0 Å². The highest BCUT2D eigenvalue weighted by Crippen LogP contribution is 1.88. The molecule has 1 rings (SSSR count). The van der Waals surface area contributed by atoms with Crippen LogP contribution in [-0.2, 0) is 0 Å². The van der Waals surface area contributed by atoms with Crippen molar-refractivity contribution in [1.29, 1.82) is 0 Å². The first-order valence-electron chi connectivity index (χ1n) is 3.30. The summed E-state index contributed by atoms with van der Waals surface area (Å²) in [5.41, 5.74) is 5.29. The molecule has 0 unspecified atom stereocenters. The predicted octanol–water partition coefficient (Wildman–Crippen LogP) is -0.231. The van der Waals surface area contributed by atoms with Crippen LogP contribution in [0.4, 0.5) is 5.95 Å². The van der Waals surface area contributed by atoms with Crippen LogP contribution in [0.1, 0.15) is 0 Å². The topological polar surface area (TPSA) is 68.8 Å². The van der Waals surface area contributed by atoms with Crippen LogP contribution in [0.3, 0.4) is 0 Å². The molecule has 1 heterocycles. The van der Waals surface area contributed by atoms with Gasteiger partial charge in [-0.15, -0.1) is 11.7 Å². The molecule has 1 aromatic heterocycles. The van der Waals surface area contributed by atoms with Crippen LogP contribution < -0.4 is 11.1 Å². The molecule has 0 atom stereocenters. The number of nitrogens with two attached hydrogens (primary N) is 1. The number of nitrogens with zero attached hydrogens (tertiary/aromatic N) is 3. The van der Waals surface area contributed by atoms with E-state index in [1.807, 2.05) is 0 Å². The molecule has 0 saturated heterocycles. The van der Waals surface area contributed by atoms with Crippen LogP contribution >= 0.6 is 12.2 Å². The lowest BCUT2D eigenvalue weighted by molar-refractivity contribution is 0.884. The van der Waals surface area contributed by atoms with Gasteiger partial charge in [-0.05, 0) is 12.2 Å². The van der Waals surface area contributed by atoms with E-state index in [0.29, 0.717) is 11.7 Å². The lowest BCUT2D eigenvalue weighted by Gasteiger charge is -2.02. The zero-order valence-corrected chi connectivity index (χ0v) is 7.21. The maximum absolute atomic E-state index is 5.29. The van der Waals surface area contributed by atoms with E-state index in [4.69, 9.17) is 18.0 Å². The van der Waals surface area contributed by atoms with Crippen LogP contribution in [0, 0.1) is 0 Å². The molecular weight excluding hydrogens is 174 g/mol. The molecule has 0 amide bonds. The third-order valence-corrected chi connectivity index (χ3v) is 1.45. The average molecular weight is 183 g/mol. The van der Waals surface area contributed by atoms with Crippen LogP contribution in [-0.4, -0.2) is 26.4 Å². The molecule has 12 heavy (non-hydrogen) atoms. The first-order valence-corrected chi connectivity index (χ1v) is 3.71. The van der Waals surface area contributed by atoms with E-state index in [-0.39, 0.29) is 5.95 Å². The molecule has 0 aliphatic carbocycles. The summed E-state index contributed by atoms with van der Waals surface area (Å²) in [7, 11) is 0. The Bertz CT molecular complexity index is 292. The lowest BCUT2D eigenvalue weighted by atomic mass is 10.6. The maximum atomic E-state index is 5.29. The van der Waals surface area contributed by atoms with Gasteiger partial charge in [0.15, 0.2) is 5.11 Å². The second kappa shape index (κ2) is 3.82. The minimum atomic E-state index is 0.206. The van der Waals surface area contributed by atoms with Crippen molar-refractivity contribution >= 4 is 23.3 Å². The van der Waals surface area contributed by atoms with Crippen molar-refractivity contribution in [2.45, 2.75) is 0 Å². The fraction of sp³-hybridized carbons (Fsp3) is 0.167. The first kappa shape index (κ1) is 8.66. The highest BCUT2D eigenvalue weighted by atomic mass is 32.1. The quantitative estimate of drug-likeness (QED) is 0.489. The van der Waals surface area contributed by atoms with Crippen molar-refractivity contribution in [2.24, 2.45) is 0 Å². The minimum absolute atomic E-state index is 0.206. The van der Waals surface area contributed by atoms with Crippen LogP contribution in [0.15, 0.2) is 19.0 Å². The molecule has 1 aromatic rings. The molecule has 0 saturated carbocycles. The van der Waals surface area contributed by atoms with E-state index in [1.165, 1.54) is 11.0 Å². The van der Waals surface area contributed by atoms with Gasteiger partial charge in [-0.25, -0.2) is 4.98 Å². The van der Waals surface area contributed by atoms with Crippen molar-refractivity contribution in [2.75, 3.05) is 12.3 Å². The summed E-state index contributed by atoms with van der Waals surface area (Å²) >= 11 is 4.95. The lowest BCUT2D eigenvalue weighted by Crippen LogP contribution is -2.28. The Morgan fingerprint density at radius 2 is 2.67 bits per heavy atom. The Labute approximate surface area is 75.3 Å². The van der Waals surface area contributed by atoms with Gasteiger partial charge in [-0.3, -0.25) is 0 Å². The normalized spacial score (nSPS) is 9.33. The number of rotatable bonds is 2. The average Bonchev–Trinajstić information content (AvgIpc) is 2.47. The van der Waals surface area contributed by atoms with Gasteiger partial charge in [0.2, 0.25) is 5.95 Å². The van der Waals surface area contributed by atoms with Crippen molar-refractivity contribution < 1.29 is 0 Å². The number of nitrogens with one attached hydrogen (secondary N) is 1. The number of thiocarbonyl (C=S) groups is 1. The molecule has 0 radical (unpaired) electrons. The third-order valence-electron chi connectivity index (χ3n) is 1.12. The molecule has 5 nitrogen and oxygen atoms in total. The Hall–Kier alpha value is -1.43. The molecule has 0 bridgehead atoms. The molecule has 0 fully saturated rings. The molecule has 64 valence electrons. The fourth-order valence-electron chi connectivity index (χ4n) is 0.614. The van der Waals surface area contributed by atoms with E-state index in [0.717, 1.165) is 0 Å². The summed E-state index contributed by atoms with van der Waals surface area (Å²) in [6.07, 6.45) is 3.15. The number of aromatic nitrogens is 3. The predicted molar refractivity (Wildman–Crippen MR) is 50.6 cm³/mol. The van der Waals surface area contributed by atoms with Crippen LogP contribution in [0.2, 0.25) is 0 Å². The van der Waals surface area contributed by atoms with Crippen molar-refractivity contribution in [3.05, 3.63) is 19.0 Å². The molecule has 6 heteroatoms. The molecule has 0 aromatic carbocycles. The maximum Gasteiger partial charge on any atom is 0.239 e. The van der Waals surface area contributed by atoms with E-state index in [1.54, 1.807) is 6.08 Å². The summed E-state index contributed by atoms with van der Waals surface area (Å²) in [5, 5.41) is 7.15. The zero-order valence-electron chi connectivity index (χ0n) is 6.40. The van der Waals surface area contributed by atoms with Gasteiger partial charge in [-0.1, -0.05) is 6.08 Å². The van der Waals surface area contributed by atoms with Gasteiger partial charge < -0.3 is 11.1 Å². The number of hydrogen-bond donors (Lipinski definition) is 2. The summed E-state index contributed by atoms with van der Waals surface area (Å²) < 4.78 is 1.40. The van der Waals surface area contributed by atoms with E-state index >= 15 is 0 Å². The monoisotopic (exact) mass is 183 g/mol. The molecular formula is C6H9N5S. The van der Waals surface area contributed by atoms with Gasteiger partial charge in [0, 0.05) is 6.54 Å². The first-order chi connectivity index (χ1) is 5.74. The Morgan fingerprint density at radius 3 is 3.17 bits per heavy atom. The largest absolute Gasteiger partial charge is 0.366 e. The fourth-order valence-corrected chi connectivity index (χ4v) is 0.785. The second-order valence-corrected chi connectivity index (χ2v) is 2.41. The number of nitrogen functional groups attached to an aromatic ring is 1. The van der Waals surface area contributed by atoms with Crippen LogP contribution in [0.5, 0.6) is 0 Å². The van der Waals surface area contributed by atoms with Gasteiger partial charge in [-0.2, -0.15) is 4.68 Å². The smallest absolute Gasteiger partial charge is 0.239 e. The Kier molecular flexibility index (Phi) is 2.76. The summed E-state index contributed by atoms with van der Waals surface area (Å²) in [4.78, 5) is 3.72. The van der Waals surface area contributed by atoms with E-state index in [2.05, 4.69) is 22.0 Å². The highest BCUT2D eigenvalue weighted by Gasteiger charge is 1.99. The third kappa shape index (κ3) is 2.03. The Morgan fingerprint density at radius 1 is 1.92 bits per heavy atom. The summed E-state index contributed by atoms with van der Waals surface area (Å²) in [6, 6.07) is 0. The van der Waals surface area contributed by atoms with Gasteiger partial charge >= 0.3 is 0 Å². The molecule has 0 spiro atoms. The van der Waals surface area contributed by atoms with Gasteiger partial charge in [0.05, 0.1) is 0 Å². The molecule has 0 aliphatic heterocycles.